The number of hydrogen-bond donors (Lipinski definition) is 1. The Kier molecular flexibility index (Phi) is 4.80. The van der Waals surface area contributed by atoms with Gasteiger partial charge in [0.05, 0.1) is 6.10 Å². The summed E-state index contributed by atoms with van der Waals surface area (Å²) in [6.45, 7) is 20.9. The smallest absolute Gasteiger partial charge is 0.0594 e. The van der Waals surface area contributed by atoms with Crippen molar-refractivity contribution in [2.24, 2.45) is 56.2 Å². The Balaban J connectivity index is 1.54. The molecule has 0 saturated heterocycles. The molecule has 5 rings (SSSR count). The molecule has 9 unspecified atom stereocenters. The highest BCUT2D eigenvalue weighted by Gasteiger charge is 2.70. The zero-order valence-electron chi connectivity index (χ0n) is 22.1. The third kappa shape index (κ3) is 2.65. The summed E-state index contributed by atoms with van der Waals surface area (Å²) >= 11 is 0. The van der Waals surface area contributed by atoms with Crippen LogP contribution >= 0.6 is 0 Å². The number of rotatable bonds is 0. The van der Waals surface area contributed by atoms with E-state index in [4.69, 9.17) is 0 Å². The SMILES string of the molecule is CC1(C)CCCC2(C)C1CCC1(C)C2CCC2C3(C)CCC(O)C(C)(C)C3CCC21C. The van der Waals surface area contributed by atoms with Gasteiger partial charge in [0, 0.05) is 0 Å². The summed E-state index contributed by atoms with van der Waals surface area (Å²) in [7, 11) is 0. The van der Waals surface area contributed by atoms with Crippen LogP contribution in [-0.2, 0) is 0 Å². The number of aliphatic hydroxyl groups excluding tert-OH is 1. The van der Waals surface area contributed by atoms with Crippen molar-refractivity contribution in [3.8, 4) is 0 Å². The molecule has 0 aliphatic heterocycles. The molecule has 31 heavy (non-hydrogen) atoms. The molecule has 0 amide bonds. The first kappa shape index (κ1) is 22.7. The molecule has 5 fully saturated rings. The lowest BCUT2D eigenvalue weighted by Crippen LogP contribution is -2.68. The van der Waals surface area contributed by atoms with E-state index >= 15 is 0 Å². The molecule has 0 aromatic carbocycles. The molecular formula is C30H52O. The molecule has 1 nitrogen and oxygen atoms in total. The van der Waals surface area contributed by atoms with Crippen LogP contribution in [0.5, 0.6) is 0 Å². The van der Waals surface area contributed by atoms with E-state index in [1.807, 2.05) is 0 Å². The summed E-state index contributed by atoms with van der Waals surface area (Å²) in [5.74, 6) is 3.34. The highest BCUT2D eigenvalue weighted by atomic mass is 16.3. The van der Waals surface area contributed by atoms with Crippen LogP contribution in [0.1, 0.15) is 126 Å². The van der Waals surface area contributed by atoms with Gasteiger partial charge >= 0.3 is 0 Å². The minimum absolute atomic E-state index is 0.0725. The Morgan fingerprint density at radius 2 is 1.03 bits per heavy atom. The number of fused-ring (bicyclic) bond motifs is 7. The summed E-state index contributed by atoms with van der Waals surface area (Å²) < 4.78 is 0. The van der Waals surface area contributed by atoms with Crippen molar-refractivity contribution in [3.05, 3.63) is 0 Å². The summed E-state index contributed by atoms with van der Waals surface area (Å²) in [6, 6.07) is 0. The lowest BCUT2D eigenvalue weighted by Gasteiger charge is -2.74. The Bertz CT molecular complexity index is 737. The lowest BCUT2D eigenvalue weighted by molar-refractivity contribution is -0.263. The molecule has 5 aliphatic carbocycles. The van der Waals surface area contributed by atoms with E-state index in [0.29, 0.717) is 33.0 Å². The van der Waals surface area contributed by atoms with E-state index in [-0.39, 0.29) is 11.5 Å². The second-order valence-corrected chi connectivity index (χ2v) is 15.4. The molecule has 0 radical (unpaired) electrons. The molecule has 178 valence electrons. The Morgan fingerprint density at radius 3 is 1.61 bits per heavy atom. The molecule has 0 heterocycles. The van der Waals surface area contributed by atoms with Gasteiger partial charge in [-0.3, -0.25) is 0 Å². The van der Waals surface area contributed by atoms with Crippen LogP contribution in [0, 0.1) is 56.2 Å². The standard InChI is InChI=1S/C30H52O/c1-25(2)15-9-16-27(5)20(25)12-18-29(7)22(27)10-11-23-28(6)17-14-24(31)26(3,4)21(28)13-19-30(23,29)8/h20-24,31H,9-19H2,1-8H3. The van der Waals surface area contributed by atoms with E-state index < -0.39 is 0 Å². The maximum Gasteiger partial charge on any atom is 0.0594 e. The van der Waals surface area contributed by atoms with Crippen LogP contribution < -0.4 is 0 Å². The molecule has 5 aliphatic rings. The molecule has 0 bridgehead atoms. The number of aliphatic hydroxyl groups is 1. The van der Waals surface area contributed by atoms with Crippen LogP contribution in [0.25, 0.3) is 0 Å². The van der Waals surface area contributed by atoms with Crippen LogP contribution in [0.2, 0.25) is 0 Å². The molecule has 0 spiro atoms. The van der Waals surface area contributed by atoms with Crippen LogP contribution in [0.4, 0.5) is 0 Å². The minimum Gasteiger partial charge on any atom is -0.393 e. The predicted octanol–water partition coefficient (Wildman–Crippen LogP) is 8.25. The van der Waals surface area contributed by atoms with Gasteiger partial charge in [-0.25, -0.2) is 0 Å². The van der Waals surface area contributed by atoms with E-state index in [1.54, 1.807) is 0 Å². The summed E-state index contributed by atoms with van der Waals surface area (Å²) in [5, 5.41) is 10.9. The summed E-state index contributed by atoms with van der Waals surface area (Å²) in [5.41, 5.74) is 2.51. The number of hydrogen-bond acceptors (Lipinski definition) is 1. The summed E-state index contributed by atoms with van der Waals surface area (Å²) in [6.07, 6.45) is 15.1. The molecule has 0 aromatic rings. The van der Waals surface area contributed by atoms with Crippen molar-refractivity contribution < 1.29 is 5.11 Å². The van der Waals surface area contributed by atoms with E-state index in [2.05, 4.69) is 55.4 Å². The zero-order chi connectivity index (χ0) is 22.7. The first-order valence-corrected chi connectivity index (χ1v) is 13.9. The maximum absolute atomic E-state index is 10.9. The van der Waals surface area contributed by atoms with Crippen LogP contribution in [0.3, 0.4) is 0 Å². The van der Waals surface area contributed by atoms with Gasteiger partial charge in [0.25, 0.3) is 0 Å². The third-order valence-electron chi connectivity index (χ3n) is 13.9. The molecule has 1 N–H and O–H groups in total. The van der Waals surface area contributed by atoms with Crippen molar-refractivity contribution in [3.63, 3.8) is 0 Å². The Morgan fingerprint density at radius 1 is 0.516 bits per heavy atom. The highest BCUT2D eigenvalue weighted by molar-refractivity contribution is 5.19. The van der Waals surface area contributed by atoms with Gasteiger partial charge in [-0.05, 0) is 120 Å². The molecule has 5 saturated carbocycles. The van der Waals surface area contributed by atoms with Gasteiger partial charge in [0.2, 0.25) is 0 Å². The van der Waals surface area contributed by atoms with E-state index in [1.165, 1.54) is 64.2 Å². The van der Waals surface area contributed by atoms with Gasteiger partial charge < -0.3 is 5.11 Å². The normalized spacial score (nSPS) is 57.8. The largest absolute Gasteiger partial charge is 0.393 e. The van der Waals surface area contributed by atoms with Crippen LogP contribution in [-0.4, -0.2) is 11.2 Å². The zero-order valence-corrected chi connectivity index (χ0v) is 22.1. The van der Waals surface area contributed by atoms with E-state index in [9.17, 15) is 5.11 Å². The highest BCUT2D eigenvalue weighted by Crippen LogP contribution is 2.78. The topological polar surface area (TPSA) is 20.2 Å². The minimum atomic E-state index is -0.110. The fourth-order valence-corrected chi connectivity index (χ4v) is 12.2. The monoisotopic (exact) mass is 428 g/mol. The van der Waals surface area contributed by atoms with Gasteiger partial charge in [0.1, 0.15) is 0 Å². The molecule has 0 aromatic heterocycles. The predicted molar refractivity (Wildman–Crippen MR) is 131 cm³/mol. The second-order valence-electron chi connectivity index (χ2n) is 15.4. The lowest BCUT2D eigenvalue weighted by atomic mass is 9.30. The quantitative estimate of drug-likeness (QED) is 0.412. The first-order valence-electron chi connectivity index (χ1n) is 13.9. The third-order valence-corrected chi connectivity index (χ3v) is 13.9. The average molecular weight is 429 g/mol. The van der Waals surface area contributed by atoms with Gasteiger partial charge in [0.15, 0.2) is 0 Å². The second kappa shape index (κ2) is 6.55. The van der Waals surface area contributed by atoms with Crippen molar-refractivity contribution >= 4 is 0 Å². The first-order chi connectivity index (χ1) is 14.2. The molecular weight excluding hydrogens is 376 g/mol. The van der Waals surface area contributed by atoms with Crippen LogP contribution in [0.15, 0.2) is 0 Å². The van der Waals surface area contributed by atoms with Crippen molar-refractivity contribution in [2.75, 3.05) is 0 Å². The van der Waals surface area contributed by atoms with Gasteiger partial charge in [-0.15, -0.1) is 0 Å². The Hall–Kier alpha value is -0.0400. The Labute approximate surface area is 193 Å². The summed E-state index contributed by atoms with van der Waals surface area (Å²) in [4.78, 5) is 0. The molecule has 9 atom stereocenters. The van der Waals surface area contributed by atoms with E-state index in [0.717, 1.165) is 24.2 Å². The van der Waals surface area contributed by atoms with Gasteiger partial charge in [-0.1, -0.05) is 61.8 Å². The fraction of sp³-hybridized carbons (Fsp3) is 1.00. The van der Waals surface area contributed by atoms with Crippen molar-refractivity contribution in [1.29, 1.82) is 0 Å². The average Bonchev–Trinajstić information content (AvgIpc) is 2.65. The molecule has 1 heteroatoms. The fourth-order valence-electron chi connectivity index (χ4n) is 12.2. The van der Waals surface area contributed by atoms with Crippen molar-refractivity contribution in [1.82, 2.24) is 0 Å². The maximum atomic E-state index is 10.9. The van der Waals surface area contributed by atoms with Gasteiger partial charge in [-0.2, -0.15) is 0 Å². The van der Waals surface area contributed by atoms with Crippen molar-refractivity contribution in [2.45, 2.75) is 132 Å².